The number of nitrogens with zero attached hydrogens (tertiary/aromatic N) is 4. The van der Waals surface area contributed by atoms with Crippen molar-refractivity contribution in [1.29, 1.82) is 0 Å². The molecule has 1 N–H and O–H groups in total. The summed E-state index contributed by atoms with van der Waals surface area (Å²) in [6, 6.07) is 12.8. The van der Waals surface area contributed by atoms with Crippen molar-refractivity contribution in [2.24, 2.45) is 5.92 Å². The summed E-state index contributed by atoms with van der Waals surface area (Å²) in [5, 5.41) is 3.58. The molecule has 2 aromatic rings. The van der Waals surface area contributed by atoms with Crippen molar-refractivity contribution < 1.29 is 0 Å². The lowest BCUT2D eigenvalue weighted by Gasteiger charge is -2.24. The molecule has 1 aromatic heterocycles. The normalized spacial score (nSPS) is 19.0. The minimum absolute atomic E-state index is 0.570. The summed E-state index contributed by atoms with van der Waals surface area (Å²) in [6.07, 6.45) is 2.66. The van der Waals surface area contributed by atoms with Crippen LogP contribution in [0.1, 0.15) is 11.3 Å². The quantitative estimate of drug-likeness (QED) is 0.908. The van der Waals surface area contributed by atoms with Crippen LogP contribution in [0.25, 0.3) is 0 Å². The lowest BCUT2D eigenvalue weighted by atomic mass is 10.0. The van der Waals surface area contributed by atoms with Crippen molar-refractivity contribution in [3.63, 3.8) is 0 Å². The molecule has 1 atom stereocenters. The average molecular weight is 325 g/mol. The lowest BCUT2D eigenvalue weighted by molar-refractivity contribution is 0.248. The Morgan fingerprint density at radius 2 is 2.04 bits per heavy atom. The summed E-state index contributed by atoms with van der Waals surface area (Å²) >= 11 is 0. The van der Waals surface area contributed by atoms with Crippen LogP contribution < -0.4 is 10.2 Å². The van der Waals surface area contributed by atoms with E-state index in [9.17, 15) is 0 Å². The Hall–Kier alpha value is -1.98. The highest BCUT2D eigenvalue weighted by atomic mass is 15.2. The van der Waals surface area contributed by atoms with Gasteiger partial charge in [-0.3, -0.25) is 4.90 Å². The third kappa shape index (κ3) is 4.76. The maximum absolute atomic E-state index is 4.47. The highest BCUT2D eigenvalue weighted by molar-refractivity contribution is 5.36. The minimum Gasteiger partial charge on any atom is -0.363 e. The van der Waals surface area contributed by atoms with E-state index in [1.54, 1.807) is 6.33 Å². The minimum atomic E-state index is 0.570. The highest BCUT2D eigenvalue weighted by Gasteiger charge is 2.19. The molecule has 0 spiro atoms. The fourth-order valence-electron chi connectivity index (χ4n) is 3.22. The Kier molecular flexibility index (Phi) is 5.77. The topological polar surface area (TPSA) is 44.3 Å². The zero-order valence-electron chi connectivity index (χ0n) is 14.7. The number of aromatic nitrogens is 2. The SMILES string of the molecule is CN(C)c1cc(C[C@H]2CNCCN(Cc3ccccc3)C2)ncn1. The van der Waals surface area contributed by atoms with Gasteiger partial charge < -0.3 is 10.2 Å². The van der Waals surface area contributed by atoms with Gasteiger partial charge >= 0.3 is 0 Å². The van der Waals surface area contributed by atoms with E-state index < -0.39 is 0 Å². The van der Waals surface area contributed by atoms with E-state index >= 15 is 0 Å². The van der Waals surface area contributed by atoms with Gasteiger partial charge in [-0.1, -0.05) is 30.3 Å². The summed E-state index contributed by atoms with van der Waals surface area (Å²) in [5.41, 5.74) is 2.51. The summed E-state index contributed by atoms with van der Waals surface area (Å²) in [7, 11) is 4.03. The molecule has 3 rings (SSSR count). The molecule has 0 radical (unpaired) electrons. The number of benzene rings is 1. The molecule has 0 unspecified atom stereocenters. The van der Waals surface area contributed by atoms with Gasteiger partial charge in [0.05, 0.1) is 0 Å². The Labute approximate surface area is 144 Å². The van der Waals surface area contributed by atoms with Crippen molar-refractivity contribution in [3.05, 3.63) is 54.0 Å². The van der Waals surface area contributed by atoms with Crippen molar-refractivity contribution in [1.82, 2.24) is 20.2 Å². The second-order valence-corrected chi connectivity index (χ2v) is 6.76. The van der Waals surface area contributed by atoms with Crippen molar-refractivity contribution in [2.75, 3.05) is 45.2 Å². The van der Waals surface area contributed by atoms with E-state index in [4.69, 9.17) is 0 Å². The maximum atomic E-state index is 4.47. The van der Waals surface area contributed by atoms with Crippen molar-refractivity contribution in [2.45, 2.75) is 13.0 Å². The van der Waals surface area contributed by atoms with Crippen LogP contribution in [0.15, 0.2) is 42.7 Å². The molecule has 1 aromatic carbocycles. The molecule has 5 nitrogen and oxygen atoms in total. The van der Waals surface area contributed by atoms with E-state index in [1.165, 1.54) is 5.56 Å². The average Bonchev–Trinajstić information content (AvgIpc) is 2.81. The van der Waals surface area contributed by atoms with Gasteiger partial charge in [-0.15, -0.1) is 0 Å². The molecule has 1 aliphatic heterocycles. The largest absolute Gasteiger partial charge is 0.363 e. The van der Waals surface area contributed by atoms with Gasteiger partial charge in [0.1, 0.15) is 12.1 Å². The van der Waals surface area contributed by atoms with Gasteiger partial charge in [0, 0.05) is 52.0 Å². The highest BCUT2D eigenvalue weighted by Crippen LogP contribution is 2.15. The first kappa shape index (κ1) is 16.9. The van der Waals surface area contributed by atoms with E-state index in [0.717, 1.165) is 50.7 Å². The van der Waals surface area contributed by atoms with Gasteiger partial charge in [0.2, 0.25) is 0 Å². The van der Waals surface area contributed by atoms with Crippen molar-refractivity contribution >= 4 is 5.82 Å². The summed E-state index contributed by atoms with van der Waals surface area (Å²) < 4.78 is 0. The molecule has 5 heteroatoms. The Morgan fingerprint density at radius 1 is 1.21 bits per heavy atom. The number of hydrogen-bond acceptors (Lipinski definition) is 5. The second kappa shape index (κ2) is 8.22. The van der Waals surface area contributed by atoms with Gasteiger partial charge in [0.25, 0.3) is 0 Å². The number of rotatable bonds is 5. The van der Waals surface area contributed by atoms with Crippen LogP contribution in [0.2, 0.25) is 0 Å². The van der Waals surface area contributed by atoms with E-state index in [1.807, 2.05) is 19.0 Å². The molecular formula is C19H27N5. The van der Waals surface area contributed by atoms with Crippen LogP contribution in [0.4, 0.5) is 5.82 Å². The summed E-state index contributed by atoms with van der Waals surface area (Å²) in [6.45, 7) is 5.32. The van der Waals surface area contributed by atoms with Gasteiger partial charge in [0.15, 0.2) is 0 Å². The Balaban J connectivity index is 1.63. The van der Waals surface area contributed by atoms with Crippen LogP contribution in [-0.4, -0.2) is 55.1 Å². The molecule has 128 valence electrons. The third-order valence-electron chi connectivity index (χ3n) is 4.47. The third-order valence-corrected chi connectivity index (χ3v) is 4.47. The predicted molar refractivity (Wildman–Crippen MR) is 98.1 cm³/mol. The molecule has 0 amide bonds. The van der Waals surface area contributed by atoms with Crippen LogP contribution in [0.5, 0.6) is 0 Å². The molecular weight excluding hydrogens is 298 g/mol. The number of anilines is 1. The molecule has 0 bridgehead atoms. The lowest BCUT2D eigenvalue weighted by Crippen LogP contribution is -2.30. The number of hydrogen-bond donors (Lipinski definition) is 1. The molecule has 1 fully saturated rings. The van der Waals surface area contributed by atoms with Crippen LogP contribution >= 0.6 is 0 Å². The zero-order valence-corrected chi connectivity index (χ0v) is 14.7. The van der Waals surface area contributed by atoms with E-state index in [0.29, 0.717) is 5.92 Å². The smallest absolute Gasteiger partial charge is 0.131 e. The first-order valence-corrected chi connectivity index (χ1v) is 8.66. The van der Waals surface area contributed by atoms with Gasteiger partial charge in [-0.25, -0.2) is 9.97 Å². The fraction of sp³-hybridized carbons (Fsp3) is 0.474. The van der Waals surface area contributed by atoms with Gasteiger partial charge in [-0.2, -0.15) is 0 Å². The predicted octanol–water partition coefficient (Wildman–Crippen LogP) is 1.81. The summed E-state index contributed by atoms with van der Waals surface area (Å²) in [5.74, 6) is 1.55. The maximum Gasteiger partial charge on any atom is 0.131 e. The van der Waals surface area contributed by atoms with Crippen LogP contribution in [0, 0.1) is 5.92 Å². The monoisotopic (exact) mass is 325 g/mol. The van der Waals surface area contributed by atoms with E-state index in [-0.39, 0.29) is 0 Å². The molecule has 0 aliphatic carbocycles. The molecule has 1 aliphatic rings. The first-order chi connectivity index (χ1) is 11.7. The molecule has 0 saturated carbocycles. The summed E-state index contributed by atoms with van der Waals surface area (Å²) in [4.78, 5) is 13.4. The Bertz CT molecular complexity index is 629. The standard InChI is InChI=1S/C19H27N5/c1-23(2)19-11-18(21-15-22-19)10-17-12-20-8-9-24(14-17)13-16-6-4-3-5-7-16/h3-7,11,15,17,20H,8-10,12-14H2,1-2H3/t17-/m0/s1. The van der Waals surface area contributed by atoms with E-state index in [2.05, 4.69) is 56.6 Å². The molecule has 24 heavy (non-hydrogen) atoms. The van der Waals surface area contributed by atoms with Crippen molar-refractivity contribution in [3.8, 4) is 0 Å². The van der Waals surface area contributed by atoms with Crippen LogP contribution in [0.3, 0.4) is 0 Å². The second-order valence-electron chi connectivity index (χ2n) is 6.76. The number of nitrogens with one attached hydrogen (secondary N) is 1. The fourth-order valence-corrected chi connectivity index (χ4v) is 3.22. The molecule has 1 saturated heterocycles. The zero-order chi connectivity index (χ0) is 16.8. The Morgan fingerprint density at radius 3 is 2.83 bits per heavy atom. The first-order valence-electron chi connectivity index (χ1n) is 8.66. The van der Waals surface area contributed by atoms with Crippen LogP contribution in [-0.2, 0) is 13.0 Å². The van der Waals surface area contributed by atoms with Gasteiger partial charge in [-0.05, 0) is 24.4 Å². The molecule has 2 heterocycles.